The summed E-state index contributed by atoms with van der Waals surface area (Å²) in [5, 5.41) is 10.6. The van der Waals surface area contributed by atoms with Crippen molar-refractivity contribution < 1.29 is 5.11 Å². The van der Waals surface area contributed by atoms with E-state index in [9.17, 15) is 5.11 Å². The summed E-state index contributed by atoms with van der Waals surface area (Å²) >= 11 is 0. The van der Waals surface area contributed by atoms with Crippen LogP contribution in [0.1, 0.15) is 82.6 Å². The van der Waals surface area contributed by atoms with Crippen molar-refractivity contribution in [2.75, 3.05) is 0 Å². The minimum Gasteiger partial charge on any atom is -0.507 e. The second-order valence-electron chi connectivity index (χ2n) is 8.24. The van der Waals surface area contributed by atoms with Gasteiger partial charge in [-0.15, -0.1) is 9.24 Å². The molecule has 2 saturated carbocycles. The van der Waals surface area contributed by atoms with E-state index in [-0.39, 0.29) is 0 Å². The van der Waals surface area contributed by atoms with Crippen molar-refractivity contribution in [3.8, 4) is 5.75 Å². The van der Waals surface area contributed by atoms with Crippen LogP contribution in [-0.2, 0) is 0 Å². The van der Waals surface area contributed by atoms with Gasteiger partial charge >= 0.3 is 0 Å². The molecular formula is C21H33OP. The maximum Gasteiger partial charge on any atom is 0.122 e. The molecular weight excluding hydrogens is 299 g/mol. The van der Waals surface area contributed by atoms with Crippen LogP contribution >= 0.6 is 9.24 Å². The van der Waals surface area contributed by atoms with Crippen molar-refractivity contribution >= 4 is 14.5 Å². The van der Waals surface area contributed by atoms with Gasteiger partial charge < -0.3 is 5.11 Å². The van der Waals surface area contributed by atoms with Gasteiger partial charge in [-0.25, -0.2) is 0 Å². The Morgan fingerprint density at radius 1 is 0.913 bits per heavy atom. The topological polar surface area (TPSA) is 20.2 Å². The number of aromatic hydroxyl groups is 1. The Morgan fingerprint density at radius 3 is 2.04 bits per heavy atom. The average molecular weight is 332 g/mol. The van der Waals surface area contributed by atoms with Crippen molar-refractivity contribution in [3.63, 3.8) is 0 Å². The molecule has 1 atom stereocenters. The van der Waals surface area contributed by atoms with Gasteiger partial charge in [0.25, 0.3) is 0 Å². The standard InChI is InChI=1S/C21H33OP/c1-15-2-4-16(5-3-15)6-7-17-8-10-18(11-9-17)19-12-13-20(22)21(23)14-19/h12-18,22H,2-11,23H2,1H3. The zero-order valence-corrected chi connectivity index (χ0v) is 15.8. The molecule has 128 valence electrons. The number of phenolic OH excluding ortho intramolecular Hbond substituents is 1. The van der Waals surface area contributed by atoms with Gasteiger partial charge in [0, 0.05) is 5.30 Å². The molecule has 0 radical (unpaired) electrons. The fourth-order valence-corrected chi connectivity index (χ4v) is 4.99. The number of benzene rings is 1. The second-order valence-corrected chi connectivity index (χ2v) is 8.86. The van der Waals surface area contributed by atoms with E-state index in [0.29, 0.717) is 11.7 Å². The molecule has 0 aliphatic heterocycles. The number of phenols is 1. The molecule has 2 aliphatic carbocycles. The lowest BCUT2D eigenvalue weighted by molar-refractivity contribution is 0.237. The lowest BCUT2D eigenvalue weighted by atomic mass is 9.74. The summed E-state index contributed by atoms with van der Waals surface area (Å²) in [6.07, 6.45) is 14.3. The molecule has 0 heterocycles. The SMILES string of the molecule is CC1CCC(CCC2CCC(c3ccc(O)c(P)c3)CC2)CC1. The third kappa shape index (κ3) is 4.72. The Kier molecular flexibility index (Phi) is 6.02. The summed E-state index contributed by atoms with van der Waals surface area (Å²) in [6.45, 7) is 2.42. The van der Waals surface area contributed by atoms with Gasteiger partial charge in [0.05, 0.1) is 0 Å². The van der Waals surface area contributed by atoms with E-state index in [1.165, 1.54) is 69.8 Å². The zero-order chi connectivity index (χ0) is 16.2. The summed E-state index contributed by atoms with van der Waals surface area (Å²) in [6, 6.07) is 6.14. The zero-order valence-electron chi connectivity index (χ0n) is 14.6. The predicted molar refractivity (Wildman–Crippen MR) is 103 cm³/mol. The van der Waals surface area contributed by atoms with Crippen molar-refractivity contribution in [3.05, 3.63) is 23.8 Å². The highest BCUT2D eigenvalue weighted by Crippen LogP contribution is 2.39. The van der Waals surface area contributed by atoms with Gasteiger partial charge in [-0.05, 0) is 67.1 Å². The molecule has 2 fully saturated rings. The molecule has 2 heteroatoms. The maximum absolute atomic E-state index is 9.67. The van der Waals surface area contributed by atoms with Gasteiger partial charge in [-0.1, -0.05) is 51.5 Å². The quantitative estimate of drug-likeness (QED) is 0.694. The summed E-state index contributed by atoms with van der Waals surface area (Å²) in [7, 11) is 2.65. The predicted octanol–water partition coefficient (Wildman–Crippen LogP) is 5.77. The van der Waals surface area contributed by atoms with Crippen LogP contribution in [0, 0.1) is 17.8 Å². The molecule has 0 spiro atoms. The van der Waals surface area contributed by atoms with Gasteiger partial charge in [0.1, 0.15) is 5.75 Å². The van der Waals surface area contributed by atoms with Crippen LogP contribution < -0.4 is 5.30 Å². The third-order valence-electron chi connectivity index (χ3n) is 6.49. The Morgan fingerprint density at radius 2 is 1.48 bits per heavy atom. The summed E-state index contributed by atoms with van der Waals surface area (Å²) in [5.41, 5.74) is 1.42. The highest BCUT2D eigenvalue weighted by Gasteiger charge is 2.24. The molecule has 1 aromatic carbocycles. The number of hydrogen-bond acceptors (Lipinski definition) is 1. The minimum absolute atomic E-state index is 0.397. The van der Waals surface area contributed by atoms with Crippen LogP contribution in [0.15, 0.2) is 18.2 Å². The highest BCUT2D eigenvalue weighted by atomic mass is 31.0. The second kappa shape index (κ2) is 8.02. The third-order valence-corrected chi connectivity index (χ3v) is 6.95. The lowest BCUT2D eigenvalue weighted by Gasteiger charge is -2.31. The van der Waals surface area contributed by atoms with E-state index in [2.05, 4.69) is 28.3 Å². The molecule has 1 nitrogen and oxygen atoms in total. The van der Waals surface area contributed by atoms with Crippen molar-refractivity contribution in [1.29, 1.82) is 0 Å². The molecule has 0 amide bonds. The first-order valence-electron chi connectivity index (χ1n) is 9.70. The molecule has 0 bridgehead atoms. The molecule has 23 heavy (non-hydrogen) atoms. The molecule has 0 aromatic heterocycles. The fourth-order valence-electron chi connectivity index (χ4n) is 4.70. The smallest absolute Gasteiger partial charge is 0.122 e. The van der Waals surface area contributed by atoms with E-state index >= 15 is 0 Å². The average Bonchev–Trinajstić information content (AvgIpc) is 2.57. The molecule has 1 aromatic rings. The molecule has 1 unspecified atom stereocenters. The summed E-state index contributed by atoms with van der Waals surface area (Å²) in [4.78, 5) is 0. The van der Waals surface area contributed by atoms with Crippen molar-refractivity contribution in [2.45, 2.75) is 77.0 Å². The van der Waals surface area contributed by atoms with Crippen LogP contribution in [0.2, 0.25) is 0 Å². The normalized spacial score (nSPS) is 31.9. The Bertz CT molecular complexity index is 497. The van der Waals surface area contributed by atoms with Gasteiger partial charge in [0.2, 0.25) is 0 Å². The minimum atomic E-state index is 0.397. The van der Waals surface area contributed by atoms with Crippen LogP contribution in [0.5, 0.6) is 5.75 Å². The van der Waals surface area contributed by atoms with Crippen molar-refractivity contribution in [1.82, 2.24) is 0 Å². The van der Waals surface area contributed by atoms with Gasteiger partial charge in [-0.3, -0.25) is 0 Å². The number of rotatable bonds is 4. The first-order valence-corrected chi connectivity index (χ1v) is 10.3. The Hall–Kier alpha value is -0.550. The number of hydrogen-bond donors (Lipinski definition) is 1. The monoisotopic (exact) mass is 332 g/mol. The van der Waals surface area contributed by atoms with Gasteiger partial charge in [0.15, 0.2) is 0 Å². The maximum atomic E-state index is 9.67. The van der Waals surface area contributed by atoms with E-state index in [1.54, 1.807) is 0 Å². The van der Waals surface area contributed by atoms with E-state index < -0.39 is 0 Å². The largest absolute Gasteiger partial charge is 0.507 e. The fraction of sp³-hybridized carbons (Fsp3) is 0.714. The van der Waals surface area contributed by atoms with E-state index in [4.69, 9.17) is 0 Å². The van der Waals surface area contributed by atoms with E-state index in [1.807, 2.05) is 6.07 Å². The van der Waals surface area contributed by atoms with Crippen LogP contribution in [0.4, 0.5) is 0 Å². The van der Waals surface area contributed by atoms with E-state index in [0.717, 1.165) is 23.1 Å². The molecule has 3 rings (SSSR count). The highest BCUT2D eigenvalue weighted by molar-refractivity contribution is 7.27. The molecule has 2 aliphatic rings. The van der Waals surface area contributed by atoms with Crippen LogP contribution in [0.25, 0.3) is 0 Å². The van der Waals surface area contributed by atoms with Gasteiger partial charge in [-0.2, -0.15) is 0 Å². The Balaban J connectivity index is 1.42. The first-order chi connectivity index (χ1) is 11.1. The summed E-state index contributed by atoms with van der Waals surface area (Å²) < 4.78 is 0. The lowest BCUT2D eigenvalue weighted by Crippen LogP contribution is -2.17. The van der Waals surface area contributed by atoms with Crippen molar-refractivity contribution in [2.24, 2.45) is 17.8 Å². The Labute approximate surface area is 144 Å². The van der Waals surface area contributed by atoms with Crippen LogP contribution in [-0.4, -0.2) is 5.11 Å². The molecule has 1 N–H and O–H groups in total. The summed E-state index contributed by atoms with van der Waals surface area (Å²) in [5.74, 6) is 4.09. The molecule has 0 saturated heterocycles. The first kappa shape index (κ1) is 17.3. The van der Waals surface area contributed by atoms with Crippen LogP contribution in [0.3, 0.4) is 0 Å².